The molecule has 1 fully saturated rings. The number of nitrogens with one attached hydrogen (secondary N) is 1. The van der Waals surface area contributed by atoms with Gasteiger partial charge in [-0.25, -0.2) is 0 Å². The molecule has 118 valence electrons. The first-order valence-corrected chi connectivity index (χ1v) is 8.70. The van der Waals surface area contributed by atoms with Crippen molar-refractivity contribution in [2.75, 3.05) is 25.0 Å². The van der Waals surface area contributed by atoms with Crippen LogP contribution in [-0.2, 0) is 0 Å². The molecule has 1 aromatic carbocycles. The quantitative estimate of drug-likeness (QED) is 0.746. The number of hydrogen-bond donors (Lipinski definition) is 1. The van der Waals surface area contributed by atoms with Crippen LogP contribution in [0.25, 0.3) is 0 Å². The third-order valence-corrected chi connectivity index (χ3v) is 4.69. The van der Waals surface area contributed by atoms with Crippen LogP contribution in [0.15, 0.2) is 24.3 Å². The van der Waals surface area contributed by atoms with Crippen LogP contribution in [0.2, 0.25) is 0 Å². The Balaban J connectivity index is 1.82. The van der Waals surface area contributed by atoms with Crippen LogP contribution in [-0.4, -0.2) is 30.6 Å². The summed E-state index contributed by atoms with van der Waals surface area (Å²) in [5, 5.41) is 3.61. The third kappa shape index (κ3) is 5.35. The maximum Gasteiger partial charge on any atom is 0.0370 e. The molecule has 1 aliphatic carbocycles. The summed E-state index contributed by atoms with van der Waals surface area (Å²) < 4.78 is 0. The molecular formula is C19H32N2. The van der Waals surface area contributed by atoms with E-state index >= 15 is 0 Å². The molecule has 2 heteroatoms. The van der Waals surface area contributed by atoms with Gasteiger partial charge in [0.1, 0.15) is 0 Å². The van der Waals surface area contributed by atoms with E-state index in [1.54, 1.807) is 0 Å². The summed E-state index contributed by atoms with van der Waals surface area (Å²) in [6, 6.07) is 9.41. The average Bonchev–Trinajstić information content (AvgIpc) is 2.98. The predicted octanol–water partition coefficient (Wildman–Crippen LogP) is 4.70. The molecule has 2 rings (SSSR count). The fourth-order valence-electron chi connectivity index (χ4n) is 3.28. The van der Waals surface area contributed by atoms with Crippen molar-refractivity contribution in [3.8, 4) is 0 Å². The van der Waals surface area contributed by atoms with Gasteiger partial charge >= 0.3 is 0 Å². The van der Waals surface area contributed by atoms with Crippen molar-refractivity contribution in [3.63, 3.8) is 0 Å². The molecule has 0 spiro atoms. The number of hydrogen-bond acceptors (Lipinski definition) is 2. The lowest BCUT2D eigenvalue weighted by atomic mass is 10.1. The van der Waals surface area contributed by atoms with Crippen LogP contribution in [0.5, 0.6) is 0 Å². The van der Waals surface area contributed by atoms with Crippen molar-refractivity contribution in [2.45, 2.75) is 58.9 Å². The Morgan fingerprint density at radius 1 is 1.14 bits per heavy atom. The van der Waals surface area contributed by atoms with E-state index in [1.165, 1.54) is 56.4 Å². The summed E-state index contributed by atoms with van der Waals surface area (Å²) in [4.78, 5) is 2.73. The van der Waals surface area contributed by atoms with Crippen LogP contribution < -0.4 is 5.32 Å². The Morgan fingerprint density at radius 3 is 2.52 bits per heavy atom. The minimum absolute atomic E-state index is 0.804. The molecule has 0 saturated heterocycles. The molecule has 1 aromatic rings. The summed E-state index contributed by atoms with van der Waals surface area (Å²) in [6.07, 6.45) is 6.98. The van der Waals surface area contributed by atoms with Gasteiger partial charge in [-0.1, -0.05) is 44.9 Å². The van der Waals surface area contributed by atoms with Crippen molar-refractivity contribution in [1.29, 1.82) is 0 Å². The molecule has 1 saturated carbocycles. The standard InChI is InChI=1S/C19H32N2/c1-16(2)12-14-21(18-9-5-6-10-18)15-13-20-19-11-7-4-8-17(19)3/h4,7-8,11,16,18,20H,5-6,9-10,12-15H2,1-3H3. The number of anilines is 1. The van der Waals surface area contributed by atoms with Gasteiger partial charge in [-0.15, -0.1) is 0 Å². The monoisotopic (exact) mass is 288 g/mol. The van der Waals surface area contributed by atoms with Gasteiger partial charge in [-0.3, -0.25) is 4.90 Å². The second kappa shape index (κ2) is 8.43. The van der Waals surface area contributed by atoms with E-state index in [2.05, 4.69) is 55.3 Å². The van der Waals surface area contributed by atoms with Crippen molar-refractivity contribution in [3.05, 3.63) is 29.8 Å². The first-order valence-electron chi connectivity index (χ1n) is 8.70. The summed E-state index contributed by atoms with van der Waals surface area (Å²) in [6.45, 7) is 10.3. The Morgan fingerprint density at radius 2 is 1.86 bits per heavy atom. The fraction of sp³-hybridized carbons (Fsp3) is 0.684. The van der Waals surface area contributed by atoms with Gasteiger partial charge in [0.15, 0.2) is 0 Å². The fourth-order valence-corrected chi connectivity index (χ4v) is 3.28. The van der Waals surface area contributed by atoms with Gasteiger partial charge < -0.3 is 5.32 Å². The molecule has 0 heterocycles. The Kier molecular flexibility index (Phi) is 6.56. The lowest BCUT2D eigenvalue weighted by molar-refractivity contribution is 0.195. The van der Waals surface area contributed by atoms with Gasteiger partial charge in [-0.05, 0) is 50.3 Å². The molecule has 0 bridgehead atoms. The third-order valence-electron chi connectivity index (χ3n) is 4.69. The molecule has 1 N–H and O–H groups in total. The van der Waals surface area contributed by atoms with E-state index in [0.717, 1.165) is 18.5 Å². The van der Waals surface area contributed by atoms with Crippen LogP contribution in [0.1, 0.15) is 51.5 Å². The summed E-state index contributed by atoms with van der Waals surface area (Å²) in [5.41, 5.74) is 2.62. The van der Waals surface area contributed by atoms with E-state index in [4.69, 9.17) is 0 Å². The first-order chi connectivity index (χ1) is 10.2. The van der Waals surface area contributed by atoms with Crippen molar-refractivity contribution in [2.24, 2.45) is 5.92 Å². The van der Waals surface area contributed by atoms with Gasteiger partial charge in [0.05, 0.1) is 0 Å². The molecule has 0 unspecified atom stereocenters. The molecule has 0 atom stereocenters. The molecule has 0 aliphatic heterocycles. The van der Waals surface area contributed by atoms with E-state index < -0.39 is 0 Å². The smallest absolute Gasteiger partial charge is 0.0370 e. The summed E-state index contributed by atoms with van der Waals surface area (Å²) >= 11 is 0. The molecule has 0 amide bonds. The average molecular weight is 288 g/mol. The van der Waals surface area contributed by atoms with Crippen molar-refractivity contribution < 1.29 is 0 Å². The summed E-state index contributed by atoms with van der Waals surface area (Å²) in [7, 11) is 0. The van der Waals surface area contributed by atoms with Crippen LogP contribution in [0, 0.1) is 12.8 Å². The molecule has 2 nitrogen and oxygen atoms in total. The van der Waals surface area contributed by atoms with Crippen LogP contribution >= 0.6 is 0 Å². The lowest BCUT2D eigenvalue weighted by Crippen LogP contribution is -2.38. The van der Waals surface area contributed by atoms with E-state index in [0.29, 0.717) is 0 Å². The highest BCUT2D eigenvalue weighted by Crippen LogP contribution is 2.24. The zero-order chi connectivity index (χ0) is 15.1. The maximum atomic E-state index is 3.61. The second-order valence-electron chi connectivity index (χ2n) is 6.90. The largest absolute Gasteiger partial charge is 0.384 e. The van der Waals surface area contributed by atoms with Crippen molar-refractivity contribution >= 4 is 5.69 Å². The van der Waals surface area contributed by atoms with Gasteiger partial charge in [0.25, 0.3) is 0 Å². The summed E-state index contributed by atoms with van der Waals surface area (Å²) in [5.74, 6) is 0.804. The second-order valence-corrected chi connectivity index (χ2v) is 6.90. The lowest BCUT2D eigenvalue weighted by Gasteiger charge is -2.29. The van der Waals surface area contributed by atoms with Gasteiger partial charge in [0, 0.05) is 24.8 Å². The first kappa shape index (κ1) is 16.4. The highest BCUT2D eigenvalue weighted by atomic mass is 15.2. The highest BCUT2D eigenvalue weighted by molar-refractivity contribution is 5.50. The van der Waals surface area contributed by atoms with Gasteiger partial charge in [-0.2, -0.15) is 0 Å². The SMILES string of the molecule is Cc1ccccc1NCCN(CCC(C)C)C1CCCC1. The van der Waals surface area contributed by atoms with Crippen molar-refractivity contribution in [1.82, 2.24) is 4.90 Å². The Labute approximate surface area is 130 Å². The normalized spacial score (nSPS) is 16.0. The predicted molar refractivity (Wildman–Crippen MR) is 93.0 cm³/mol. The zero-order valence-electron chi connectivity index (χ0n) is 14.1. The Bertz CT molecular complexity index is 408. The molecule has 0 radical (unpaired) electrons. The number of nitrogens with zero attached hydrogens (tertiary/aromatic N) is 1. The number of rotatable bonds is 8. The van der Waals surface area contributed by atoms with E-state index in [1.807, 2.05) is 0 Å². The van der Waals surface area contributed by atoms with E-state index in [-0.39, 0.29) is 0 Å². The number of aryl methyl sites for hydroxylation is 1. The molecule has 21 heavy (non-hydrogen) atoms. The number of para-hydroxylation sites is 1. The van der Waals surface area contributed by atoms with E-state index in [9.17, 15) is 0 Å². The minimum Gasteiger partial charge on any atom is -0.384 e. The molecular weight excluding hydrogens is 256 g/mol. The van der Waals surface area contributed by atoms with Gasteiger partial charge in [0.2, 0.25) is 0 Å². The minimum atomic E-state index is 0.804. The highest BCUT2D eigenvalue weighted by Gasteiger charge is 2.22. The molecule has 1 aliphatic rings. The maximum absolute atomic E-state index is 3.61. The van der Waals surface area contributed by atoms with Crippen LogP contribution in [0.3, 0.4) is 0 Å². The molecule has 0 aromatic heterocycles. The topological polar surface area (TPSA) is 15.3 Å². The number of benzene rings is 1. The zero-order valence-corrected chi connectivity index (χ0v) is 14.1. The van der Waals surface area contributed by atoms with Crippen LogP contribution in [0.4, 0.5) is 5.69 Å². The Hall–Kier alpha value is -1.02.